The molecule has 0 N–H and O–H groups in total. The molecule has 2 heteroatoms. The maximum Gasteiger partial charge on any atom is 0.137 e. The second-order valence-corrected chi connectivity index (χ2v) is 15.6. The minimum absolute atomic E-state index is 0.313. The van der Waals surface area contributed by atoms with Gasteiger partial charge in [-0.3, -0.25) is 0 Å². The number of benzene rings is 7. The first-order valence-corrected chi connectivity index (χ1v) is 19.1. The van der Waals surface area contributed by atoms with E-state index in [1.807, 2.05) is 30.3 Å². The first-order valence-electron chi connectivity index (χ1n) is 19.1. The van der Waals surface area contributed by atoms with E-state index in [2.05, 4.69) is 144 Å². The molecule has 4 fully saturated rings. The van der Waals surface area contributed by atoms with E-state index in [4.69, 9.17) is 4.74 Å². The van der Waals surface area contributed by atoms with Gasteiger partial charge in [0.05, 0.1) is 0 Å². The summed E-state index contributed by atoms with van der Waals surface area (Å²) in [6.07, 6.45) is 8.40. The summed E-state index contributed by atoms with van der Waals surface area (Å²) in [6, 6.07) is 61.4. The summed E-state index contributed by atoms with van der Waals surface area (Å²) in [6.45, 7) is 0. The van der Waals surface area contributed by atoms with Crippen LogP contribution in [0.1, 0.15) is 44.1 Å². The highest BCUT2D eigenvalue weighted by molar-refractivity contribution is 5.98. The molecule has 4 aliphatic carbocycles. The zero-order chi connectivity index (χ0) is 34.5. The predicted octanol–water partition coefficient (Wildman–Crippen LogP) is 13.9. The Kier molecular flexibility index (Phi) is 7.71. The molecule has 4 saturated carbocycles. The molecule has 254 valence electrons. The van der Waals surface area contributed by atoms with Crippen molar-refractivity contribution in [2.24, 2.45) is 17.8 Å². The van der Waals surface area contributed by atoms with Crippen molar-refractivity contribution >= 4 is 27.8 Å². The Balaban J connectivity index is 1.12. The third-order valence-electron chi connectivity index (χ3n) is 12.3. The maximum atomic E-state index is 6.81. The van der Waals surface area contributed by atoms with Crippen LogP contribution in [0.4, 0.5) is 17.1 Å². The van der Waals surface area contributed by atoms with Crippen LogP contribution in [-0.2, 0) is 5.41 Å². The molecule has 0 atom stereocenters. The van der Waals surface area contributed by atoms with E-state index >= 15 is 0 Å². The van der Waals surface area contributed by atoms with Crippen molar-refractivity contribution in [1.82, 2.24) is 0 Å². The van der Waals surface area contributed by atoms with Crippen LogP contribution in [0.3, 0.4) is 0 Å². The van der Waals surface area contributed by atoms with Crippen molar-refractivity contribution in [3.8, 4) is 33.8 Å². The van der Waals surface area contributed by atoms with Crippen molar-refractivity contribution in [3.63, 3.8) is 0 Å². The molecule has 4 aliphatic rings. The van der Waals surface area contributed by atoms with Crippen LogP contribution in [0.25, 0.3) is 33.0 Å². The minimum atomic E-state index is 0.313. The standard InChI is InChI=1S/C50H43NO/c1-3-11-38(12-4-1)39-21-23-42(24-22-39)51(43-16-10-15-41(30-43)50-32-35-27-36(33-50)29-37(28-35)34-50)44-25-26-48(49(31-44)52-45-17-5-2-6-18-45)47-20-9-14-40-13-7-8-19-46(40)47/h1-26,30-31,35-37H,27-29,32-34H2. The Morgan fingerprint density at radius 3 is 1.81 bits per heavy atom. The van der Waals surface area contributed by atoms with E-state index in [1.54, 1.807) is 0 Å². The molecule has 0 aliphatic heterocycles. The van der Waals surface area contributed by atoms with Gasteiger partial charge in [-0.2, -0.15) is 0 Å². The van der Waals surface area contributed by atoms with Gasteiger partial charge in [-0.25, -0.2) is 0 Å². The molecular weight excluding hydrogens is 631 g/mol. The molecule has 0 radical (unpaired) electrons. The van der Waals surface area contributed by atoms with Gasteiger partial charge in [-0.05, 0) is 143 Å². The van der Waals surface area contributed by atoms with Gasteiger partial charge in [0.2, 0.25) is 0 Å². The molecule has 0 unspecified atom stereocenters. The lowest BCUT2D eigenvalue weighted by molar-refractivity contribution is -0.00516. The molecule has 52 heavy (non-hydrogen) atoms. The van der Waals surface area contributed by atoms with E-state index in [-0.39, 0.29) is 0 Å². The smallest absolute Gasteiger partial charge is 0.137 e. The fourth-order valence-corrected chi connectivity index (χ4v) is 10.4. The molecule has 7 aromatic carbocycles. The molecule has 11 rings (SSSR count). The lowest BCUT2D eigenvalue weighted by atomic mass is 9.48. The second-order valence-electron chi connectivity index (χ2n) is 15.6. The summed E-state index contributed by atoms with van der Waals surface area (Å²) in [5.41, 5.74) is 9.92. The third-order valence-corrected chi connectivity index (χ3v) is 12.3. The van der Waals surface area contributed by atoms with Crippen LogP contribution in [0.2, 0.25) is 0 Å². The van der Waals surface area contributed by atoms with Crippen molar-refractivity contribution in [2.75, 3.05) is 4.90 Å². The van der Waals surface area contributed by atoms with Crippen molar-refractivity contribution in [1.29, 1.82) is 0 Å². The van der Waals surface area contributed by atoms with E-state index in [0.29, 0.717) is 5.41 Å². The first-order chi connectivity index (χ1) is 25.7. The summed E-state index contributed by atoms with van der Waals surface area (Å²) >= 11 is 0. The maximum absolute atomic E-state index is 6.81. The molecule has 0 saturated heterocycles. The summed E-state index contributed by atoms with van der Waals surface area (Å²) in [5, 5.41) is 2.43. The predicted molar refractivity (Wildman–Crippen MR) is 216 cm³/mol. The SMILES string of the molecule is c1ccc(Oc2cc(N(c3ccc(-c4ccccc4)cc3)c3cccc(C45CC6CC(CC(C6)C4)C5)c3)ccc2-c2cccc3ccccc23)cc1. The Morgan fingerprint density at radius 2 is 1.06 bits per heavy atom. The summed E-state index contributed by atoms with van der Waals surface area (Å²) in [5.74, 6) is 4.36. The van der Waals surface area contributed by atoms with Gasteiger partial charge in [0.25, 0.3) is 0 Å². The Hall–Kier alpha value is -5.60. The lowest BCUT2D eigenvalue weighted by Crippen LogP contribution is -2.48. The number of rotatable bonds is 8. The molecule has 7 aromatic rings. The molecule has 4 bridgehead atoms. The molecule has 0 spiro atoms. The van der Waals surface area contributed by atoms with E-state index < -0.39 is 0 Å². The average molecular weight is 674 g/mol. The minimum Gasteiger partial charge on any atom is -0.457 e. The van der Waals surface area contributed by atoms with Crippen LogP contribution in [-0.4, -0.2) is 0 Å². The normalized spacial score (nSPS) is 21.7. The van der Waals surface area contributed by atoms with Gasteiger partial charge in [0.15, 0.2) is 0 Å². The highest BCUT2D eigenvalue weighted by Crippen LogP contribution is 2.61. The average Bonchev–Trinajstić information content (AvgIpc) is 3.19. The van der Waals surface area contributed by atoms with Crippen molar-refractivity contribution < 1.29 is 4.74 Å². The van der Waals surface area contributed by atoms with Crippen molar-refractivity contribution in [2.45, 2.75) is 43.9 Å². The fourth-order valence-electron chi connectivity index (χ4n) is 10.4. The topological polar surface area (TPSA) is 12.5 Å². The van der Waals surface area contributed by atoms with Crippen LogP contribution in [0.5, 0.6) is 11.5 Å². The Morgan fingerprint density at radius 1 is 0.462 bits per heavy atom. The van der Waals surface area contributed by atoms with Gasteiger partial charge in [-0.1, -0.05) is 115 Å². The number of ether oxygens (including phenoxy) is 1. The van der Waals surface area contributed by atoms with Crippen LogP contribution >= 0.6 is 0 Å². The van der Waals surface area contributed by atoms with E-state index in [9.17, 15) is 0 Å². The number of hydrogen-bond donors (Lipinski definition) is 0. The van der Waals surface area contributed by atoms with Gasteiger partial charge in [0.1, 0.15) is 11.5 Å². The van der Waals surface area contributed by atoms with Crippen molar-refractivity contribution in [3.05, 3.63) is 175 Å². The summed E-state index contributed by atoms with van der Waals surface area (Å²) in [4.78, 5) is 2.43. The van der Waals surface area contributed by atoms with Crippen LogP contribution in [0.15, 0.2) is 170 Å². The second kappa shape index (κ2) is 12.9. The van der Waals surface area contributed by atoms with E-state index in [1.165, 1.54) is 71.7 Å². The summed E-state index contributed by atoms with van der Waals surface area (Å²) < 4.78 is 6.81. The highest BCUT2D eigenvalue weighted by Gasteiger charge is 2.51. The molecule has 2 nitrogen and oxygen atoms in total. The molecule has 0 amide bonds. The molecular formula is C50H43NO. The number of hydrogen-bond acceptors (Lipinski definition) is 2. The number of nitrogens with zero attached hydrogens (tertiary/aromatic N) is 1. The number of para-hydroxylation sites is 1. The largest absolute Gasteiger partial charge is 0.457 e. The first kappa shape index (κ1) is 31.2. The molecule has 0 heterocycles. The van der Waals surface area contributed by atoms with E-state index in [0.717, 1.165) is 51.8 Å². The number of anilines is 3. The Bertz CT molecular complexity index is 2320. The van der Waals surface area contributed by atoms with Gasteiger partial charge >= 0.3 is 0 Å². The third kappa shape index (κ3) is 5.67. The highest BCUT2D eigenvalue weighted by atomic mass is 16.5. The summed E-state index contributed by atoms with van der Waals surface area (Å²) in [7, 11) is 0. The van der Waals surface area contributed by atoms with Gasteiger partial charge < -0.3 is 9.64 Å². The lowest BCUT2D eigenvalue weighted by Gasteiger charge is -2.57. The quantitative estimate of drug-likeness (QED) is 0.159. The monoisotopic (exact) mass is 673 g/mol. The van der Waals surface area contributed by atoms with Crippen LogP contribution in [0, 0.1) is 17.8 Å². The molecule has 0 aromatic heterocycles. The van der Waals surface area contributed by atoms with Gasteiger partial charge in [0, 0.05) is 28.7 Å². The van der Waals surface area contributed by atoms with Crippen LogP contribution < -0.4 is 9.64 Å². The number of fused-ring (bicyclic) bond motifs is 1. The Labute approximate surface area is 307 Å². The van der Waals surface area contributed by atoms with Gasteiger partial charge in [-0.15, -0.1) is 0 Å². The fraction of sp³-hybridized carbons (Fsp3) is 0.200. The zero-order valence-corrected chi connectivity index (χ0v) is 29.5. The zero-order valence-electron chi connectivity index (χ0n) is 29.5.